The van der Waals surface area contributed by atoms with Crippen LogP contribution in [-0.2, 0) is 11.3 Å². The van der Waals surface area contributed by atoms with E-state index >= 15 is 0 Å². The summed E-state index contributed by atoms with van der Waals surface area (Å²) in [4.78, 5) is 0. The number of ether oxygens (including phenoxy) is 1. The van der Waals surface area contributed by atoms with Gasteiger partial charge in [-0.25, -0.2) is 0 Å². The molecule has 0 fully saturated rings. The van der Waals surface area contributed by atoms with Gasteiger partial charge in [-0.2, -0.15) is 0 Å². The van der Waals surface area contributed by atoms with Gasteiger partial charge in [0.2, 0.25) is 0 Å². The Balaban J connectivity index is 2.41. The van der Waals surface area contributed by atoms with Crippen LogP contribution in [0.25, 0.3) is 0 Å². The van der Waals surface area contributed by atoms with Crippen LogP contribution in [0.3, 0.4) is 0 Å². The number of hydrogen-bond donors (Lipinski definition) is 0. The van der Waals surface area contributed by atoms with E-state index in [-0.39, 0.29) is 0 Å². The molecule has 1 unspecified atom stereocenters. The van der Waals surface area contributed by atoms with Crippen molar-refractivity contribution < 1.29 is 4.74 Å². The largest absolute Gasteiger partial charge is 0.374 e. The Hall–Kier alpha value is -0.530. The van der Waals surface area contributed by atoms with Gasteiger partial charge in [0.1, 0.15) is 0 Å². The molecule has 1 aromatic carbocycles. The zero-order valence-corrected chi connectivity index (χ0v) is 9.55. The molecule has 78 valence electrons. The maximum atomic E-state index is 6.00. The van der Waals surface area contributed by atoms with Gasteiger partial charge in [-0.1, -0.05) is 43.1 Å². The van der Waals surface area contributed by atoms with Crippen LogP contribution in [0.4, 0.5) is 0 Å². The van der Waals surface area contributed by atoms with Crippen LogP contribution in [0.2, 0.25) is 5.02 Å². The van der Waals surface area contributed by atoms with E-state index in [1.165, 1.54) is 0 Å². The van der Waals surface area contributed by atoms with Crippen molar-refractivity contribution in [1.82, 2.24) is 0 Å². The Morgan fingerprint density at radius 3 is 2.71 bits per heavy atom. The molecule has 0 bridgehead atoms. The molecular formula is C12H17ClO. The molecule has 1 nitrogen and oxygen atoms in total. The maximum Gasteiger partial charge on any atom is 0.0734 e. The number of rotatable bonds is 5. The lowest BCUT2D eigenvalue weighted by Gasteiger charge is -2.12. The highest BCUT2D eigenvalue weighted by Gasteiger charge is 2.03. The summed E-state index contributed by atoms with van der Waals surface area (Å²) in [5.74, 6) is 0. The third-order valence-corrected chi connectivity index (χ3v) is 2.55. The minimum atomic E-state index is 0.316. The van der Waals surface area contributed by atoms with Crippen molar-refractivity contribution in [1.29, 1.82) is 0 Å². The maximum absolute atomic E-state index is 6.00. The second-order valence-corrected chi connectivity index (χ2v) is 3.91. The number of halogens is 1. The van der Waals surface area contributed by atoms with Crippen LogP contribution in [0, 0.1) is 0 Å². The minimum Gasteiger partial charge on any atom is -0.374 e. The molecule has 14 heavy (non-hydrogen) atoms. The molecule has 0 saturated carbocycles. The molecule has 0 heterocycles. The predicted molar refractivity (Wildman–Crippen MR) is 60.6 cm³/mol. The van der Waals surface area contributed by atoms with Crippen molar-refractivity contribution in [2.45, 2.75) is 39.4 Å². The van der Waals surface area contributed by atoms with Gasteiger partial charge in [0.25, 0.3) is 0 Å². The van der Waals surface area contributed by atoms with E-state index in [2.05, 4.69) is 13.8 Å². The fraction of sp³-hybridized carbons (Fsp3) is 0.500. The van der Waals surface area contributed by atoms with Crippen LogP contribution in [0.5, 0.6) is 0 Å². The molecule has 0 aliphatic heterocycles. The lowest BCUT2D eigenvalue weighted by molar-refractivity contribution is 0.0472. The molecule has 0 amide bonds. The normalized spacial score (nSPS) is 12.8. The zero-order valence-electron chi connectivity index (χ0n) is 8.79. The molecule has 0 aromatic heterocycles. The fourth-order valence-electron chi connectivity index (χ4n) is 1.34. The molecule has 1 rings (SSSR count). The molecule has 1 aromatic rings. The fourth-order valence-corrected chi connectivity index (χ4v) is 1.53. The van der Waals surface area contributed by atoms with E-state index in [1.807, 2.05) is 24.3 Å². The first-order valence-corrected chi connectivity index (χ1v) is 5.46. The van der Waals surface area contributed by atoms with Gasteiger partial charge in [0, 0.05) is 5.02 Å². The van der Waals surface area contributed by atoms with Crippen LogP contribution >= 0.6 is 11.6 Å². The van der Waals surface area contributed by atoms with Gasteiger partial charge in [-0.05, 0) is 25.0 Å². The molecular weight excluding hydrogens is 196 g/mol. The lowest BCUT2D eigenvalue weighted by Crippen LogP contribution is -2.07. The topological polar surface area (TPSA) is 9.23 Å². The predicted octanol–water partition coefficient (Wildman–Crippen LogP) is 4.05. The van der Waals surface area contributed by atoms with Crippen molar-refractivity contribution in [3.63, 3.8) is 0 Å². The standard InChI is InChI=1S/C12H17ClO/c1-3-6-10(2)14-9-11-7-4-5-8-12(11)13/h4-5,7-8,10H,3,6,9H2,1-2H3. The van der Waals surface area contributed by atoms with E-state index in [0.717, 1.165) is 23.4 Å². The Labute approximate surface area is 91.0 Å². The van der Waals surface area contributed by atoms with Gasteiger partial charge < -0.3 is 4.74 Å². The van der Waals surface area contributed by atoms with E-state index in [0.29, 0.717) is 12.7 Å². The van der Waals surface area contributed by atoms with E-state index in [1.54, 1.807) is 0 Å². The molecule has 0 spiro atoms. The van der Waals surface area contributed by atoms with Crippen LogP contribution in [0.1, 0.15) is 32.3 Å². The Morgan fingerprint density at radius 2 is 2.07 bits per heavy atom. The quantitative estimate of drug-likeness (QED) is 0.716. The number of benzene rings is 1. The Kier molecular flexibility index (Phi) is 4.99. The monoisotopic (exact) mass is 212 g/mol. The van der Waals surface area contributed by atoms with Gasteiger partial charge in [0.15, 0.2) is 0 Å². The summed E-state index contributed by atoms with van der Waals surface area (Å²) >= 11 is 6.00. The molecule has 1 atom stereocenters. The SMILES string of the molecule is CCCC(C)OCc1ccccc1Cl. The van der Waals surface area contributed by atoms with E-state index in [9.17, 15) is 0 Å². The average Bonchev–Trinajstić information content (AvgIpc) is 2.17. The zero-order chi connectivity index (χ0) is 10.4. The summed E-state index contributed by atoms with van der Waals surface area (Å²) < 4.78 is 5.66. The first-order chi connectivity index (χ1) is 6.74. The first kappa shape index (κ1) is 11.5. The first-order valence-electron chi connectivity index (χ1n) is 5.09. The van der Waals surface area contributed by atoms with Gasteiger partial charge in [-0.15, -0.1) is 0 Å². The molecule has 2 heteroatoms. The van der Waals surface area contributed by atoms with Gasteiger partial charge >= 0.3 is 0 Å². The van der Waals surface area contributed by atoms with Crippen molar-refractivity contribution in [3.8, 4) is 0 Å². The van der Waals surface area contributed by atoms with Crippen LogP contribution in [-0.4, -0.2) is 6.10 Å². The minimum absolute atomic E-state index is 0.316. The molecule has 0 N–H and O–H groups in total. The smallest absolute Gasteiger partial charge is 0.0734 e. The lowest BCUT2D eigenvalue weighted by atomic mass is 10.2. The molecule has 0 saturated heterocycles. The third-order valence-electron chi connectivity index (χ3n) is 2.18. The van der Waals surface area contributed by atoms with E-state index < -0.39 is 0 Å². The second kappa shape index (κ2) is 6.05. The Bertz CT molecular complexity index is 273. The van der Waals surface area contributed by atoms with Crippen molar-refractivity contribution >= 4 is 11.6 Å². The molecule has 0 aliphatic carbocycles. The van der Waals surface area contributed by atoms with Crippen molar-refractivity contribution in [2.24, 2.45) is 0 Å². The summed E-state index contributed by atoms with van der Waals surface area (Å²) in [6, 6.07) is 7.81. The summed E-state index contributed by atoms with van der Waals surface area (Å²) in [5, 5.41) is 0.788. The highest BCUT2D eigenvalue weighted by Crippen LogP contribution is 2.16. The third kappa shape index (κ3) is 3.69. The summed E-state index contributed by atoms with van der Waals surface area (Å²) in [6.07, 6.45) is 2.57. The van der Waals surface area contributed by atoms with Crippen LogP contribution < -0.4 is 0 Å². The van der Waals surface area contributed by atoms with Crippen molar-refractivity contribution in [3.05, 3.63) is 34.9 Å². The number of hydrogen-bond acceptors (Lipinski definition) is 1. The van der Waals surface area contributed by atoms with Gasteiger partial charge in [-0.3, -0.25) is 0 Å². The Morgan fingerprint density at radius 1 is 1.36 bits per heavy atom. The highest BCUT2D eigenvalue weighted by molar-refractivity contribution is 6.31. The average molecular weight is 213 g/mol. The van der Waals surface area contributed by atoms with Crippen molar-refractivity contribution in [2.75, 3.05) is 0 Å². The summed E-state index contributed by atoms with van der Waals surface area (Å²) in [6.45, 7) is 4.87. The molecule has 0 radical (unpaired) electrons. The second-order valence-electron chi connectivity index (χ2n) is 3.50. The summed E-state index contributed by atoms with van der Waals surface area (Å²) in [7, 11) is 0. The van der Waals surface area contributed by atoms with Crippen LogP contribution in [0.15, 0.2) is 24.3 Å². The van der Waals surface area contributed by atoms with Gasteiger partial charge in [0.05, 0.1) is 12.7 Å². The van der Waals surface area contributed by atoms with E-state index in [4.69, 9.17) is 16.3 Å². The highest BCUT2D eigenvalue weighted by atomic mass is 35.5. The molecule has 0 aliphatic rings. The summed E-state index contributed by atoms with van der Waals surface area (Å²) in [5.41, 5.74) is 1.07.